The van der Waals surface area contributed by atoms with Crippen LogP contribution in [0.3, 0.4) is 0 Å². The van der Waals surface area contributed by atoms with Gasteiger partial charge in [0.25, 0.3) is 11.8 Å². The topological polar surface area (TPSA) is 93.5 Å². The van der Waals surface area contributed by atoms with Crippen LogP contribution in [0, 0.1) is 13.8 Å². The Morgan fingerprint density at radius 3 is 2.29 bits per heavy atom. The van der Waals surface area contributed by atoms with Gasteiger partial charge in [-0.3, -0.25) is 20.4 Å². The summed E-state index contributed by atoms with van der Waals surface area (Å²) >= 11 is 0. The molecule has 2 N–H and O–H groups in total. The number of hydrogen-bond acceptors (Lipinski definition) is 5. The first-order valence-electron chi connectivity index (χ1n) is 9.75. The first-order valence-corrected chi connectivity index (χ1v) is 9.75. The molecule has 0 unspecified atom stereocenters. The molecule has 7 nitrogen and oxygen atoms in total. The number of rotatable bonds is 5. The molecule has 0 aliphatic heterocycles. The van der Waals surface area contributed by atoms with Crippen molar-refractivity contribution < 1.29 is 18.8 Å². The van der Waals surface area contributed by atoms with Gasteiger partial charge < -0.3 is 9.26 Å². The number of hydrazine groups is 1. The summed E-state index contributed by atoms with van der Waals surface area (Å²) in [4.78, 5) is 24.9. The van der Waals surface area contributed by atoms with Crippen molar-refractivity contribution in [3.05, 3.63) is 94.9 Å². The van der Waals surface area contributed by atoms with Crippen LogP contribution in [0.15, 0.2) is 71.3 Å². The highest BCUT2D eigenvalue weighted by Gasteiger charge is 2.12. The van der Waals surface area contributed by atoms with Crippen molar-refractivity contribution in [2.45, 2.75) is 20.5 Å². The highest BCUT2D eigenvalue weighted by molar-refractivity contribution is 6.01. The maximum Gasteiger partial charge on any atom is 0.269 e. The lowest BCUT2D eigenvalue weighted by Gasteiger charge is -2.10. The summed E-state index contributed by atoms with van der Waals surface area (Å²) in [6.07, 6.45) is 0. The highest BCUT2D eigenvalue weighted by Crippen LogP contribution is 2.19. The third-order valence-electron chi connectivity index (χ3n) is 4.96. The van der Waals surface area contributed by atoms with E-state index in [0.717, 1.165) is 22.0 Å². The van der Waals surface area contributed by atoms with Gasteiger partial charge in [0.2, 0.25) is 0 Å². The molecule has 7 heteroatoms. The van der Waals surface area contributed by atoms with Crippen LogP contribution in [0.4, 0.5) is 0 Å². The number of fused-ring (bicyclic) bond motifs is 1. The van der Waals surface area contributed by atoms with Gasteiger partial charge in [0.05, 0.1) is 11.3 Å². The Morgan fingerprint density at radius 2 is 1.58 bits per heavy atom. The van der Waals surface area contributed by atoms with Crippen LogP contribution in [0.25, 0.3) is 10.8 Å². The molecule has 0 radical (unpaired) electrons. The summed E-state index contributed by atoms with van der Waals surface area (Å²) in [5, 5.41) is 5.88. The summed E-state index contributed by atoms with van der Waals surface area (Å²) in [5.41, 5.74) is 7.34. The Balaban J connectivity index is 1.38. The molecule has 0 saturated carbocycles. The lowest BCUT2D eigenvalue weighted by molar-refractivity contribution is 0.0846. The molecule has 1 heterocycles. The summed E-state index contributed by atoms with van der Waals surface area (Å²) in [6, 6.07) is 19.8. The van der Waals surface area contributed by atoms with Gasteiger partial charge in [-0.25, -0.2) is 0 Å². The fraction of sp³-hybridized carbons (Fsp3) is 0.125. The van der Waals surface area contributed by atoms with E-state index in [2.05, 4.69) is 16.0 Å². The van der Waals surface area contributed by atoms with Crippen LogP contribution in [0.5, 0.6) is 5.75 Å². The zero-order chi connectivity index (χ0) is 21.8. The van der Waals surface area contributed by atoms with E-state index in [9.17, 15) is 9.59 Å². The van der Waals surface area contributed by atoms with Gasteiger partial charge in [0.15, 0.2) is 0 Å². The number of nitrogens with zero attached hydrogens (tertiary/aromatic N) is 1. The van der Waals surface area contributed by atoms with Crippen molar-refractivity contribution in [3.63, 3.8) is 0 Å². The maximum atomic E-state index is 12.5. The van der Waals surface area contributed by atoms with Crippen molar-refractivity contribution in [3.8, 4) is 5.75 Å². The second-order valence-electron chi connectivity index (χ2n) is 7.09. The van der Waals surface area contributed by atoms with Gasteiger partial charge in [-0.1, -0.05) is 41.6 Å². The largest absolute Gasteiger partial charge is 0.489 e. The molecule has 0 atom stereocenters. The molecule has 156 valence electrons. The summed E-state index contributed by atoms with van der Waals surface area (Å²) < 4.78 is 10.9. The molecule has 0 bridgehead atoms. The standard InChI is InChI=1S/C24H21N3O4/c1-15-22(16(2)31-27-15)14-30-21-9-5-8-19(13-21)23(28)25-26-24(29)20-11-10-17-6-3-4-7-18(17)12-20/h3-13H,14H2,1-2H3,(H,25,28)(H,26,29). The maximum absolute atomic E-state index is 12.5. The van der Waals surface area contributed by atoms with Crippen molar-refractivity contribution >= 4 is 22.6 Å². The van der Waals surface area contributed by atoms with Crippen molar-refractivity contribution in [2.75, 3.05) is 0 Å². The highest BCUT2D eigenvalue weighted by atomic mass is 16.5. The Morgan fingerprint density at radius 1 is 0.871 bits per heavy atom. The predicted molar refractivity (Wildman–Crippen MR) is 116 cm³/mol. The molecule has 3 aromatic carbocycles. The number of amides is 2. The van der Waals surface area contributed by atoms with Gasteiger partial charge in [0.1, 0.15) is 18.1 Å². The van der Waals surface area contributed by atoms with Gasteiger partial charge in [-0.2, -0.15) is 0 Å². The number of aromatic nitrogens is 1. The smallest absolute Gasteiger partial charge is 0.269 e. The third kappa shape index (κ3) is 4.56. The van der Waals surface area contributed by atoms with Crippen molar-refractivity contribution in [1.82, 2.24) is 16.0 Å². The Bertz CT molecular complexity index is 1240. The van der Waals surface area contributed by atoms with Crippen molar-refractivity contribution in [2.24, 2.45) is 0 Å². The van der Waals surface area contributed by atoms with Crippen LogP contribution in [-0.2, 0) is 6.61 Å². The van der Waals surface area contributed by atoms with E-state index in [1.165, 1.54) is 0 Å². The molecular weight excluding hydrogens is 394 g/mol. The molecule has 0 aliphatic rings. The van der Waals surface area contributed by atoms with Crippen molar-refractivity contribution in [1.29, 1.82) is 0 Å². The molecule has 31 heavy (non-hydrogen) atoms. The number of aryl methyl sites for hydroxylation is 2. The first-order chi connectivity index (χ1) is 15.0. The molecule has 0 aliphatic carbocycles. The minimum absolute atomic E-state index is 0.283. The molecule has 1 aromatic heterocycles. The zero-order valence-electron chi connectivity index (χ0n) is 17.1. The van der Waals surface area contributed by atoms with Gasteiger partial charge in [0, 0.05) is 11.1 Å². The Labute approximate surface area is 179 Å². The van der Waals surface area contributed by atoms with Crippen LogP contribution >= 0.6 is 0 Å². The summed E-state index contributed by atoms with van der Waals surface area (Å²) in [5.74, 6) is 0.373. The fourth-order valence-corrected chi connectivity index (χ4v) is 3.18. The molecule has 0 spiro atoms. The van der Waals surface area contributed by atoms with Crippen LogP contribution < -0.4 is 15.6 Å². The van der Waals surface area contributed by atoms with E-state index < -0.39 is 11.8 Å². The SMILES string of the molecule is Cc1noc(C)c1COc1cccc(C(=O)NNC(=O)c2ccc3ccccc3c2)c1. The zero-order valence-corrected chi connectivity index (χ0v) is 17.1. The van der Waals surface area contributed by atoms with E-state index in [1.807, 2.05) is 44.2 Å². The van der Waals surface area contributed by atoms with E-state index in [-0.39, 0.29) is 6.61 Å². The van der Waals surface area contributed by atoms with E-state index in [4.69, 9.17) is 9.26 Å². The molecule has 4 aromatic rings. The summed E-state index contributed by atoms with van der Waals surface area (Å²) in [6.45, 7) is 3.95. The number of benzene rings is 3. The fourth-order valence-electron chi connectivity index (χ4n) is 3.18. The lowest BCUT2D eigenvalue weighted by Crippen LogP contribution is -2.41. The number of carbonyl (C=O) groups is 2. The second kappa shape index (κ2) is 8.71. The number of ether oxygens (including phenoxy) is 1. The van der Waals surface area contributed by atoms with E-state index in [0.29, 0.717) is 22.6 Å². The third-order valence-corrected chi connectivity index (χ3v) is 4.96. The molecule has 0 fully saturated rings. The molecule has 4 rings (SSSR count). The van der Waals surface area contributed by atoms with Gasteiger partial charge in [-0.15, -0.1) is 0 Å². The van der Waals surface area contributed by atoms with Gasteiger partial charge >= 0.3 is 0 Å². The number of nitrogens with one attached hydrogen (secondary N) is 2. The van der Waals surface area contributed by atoms with E-state index in [1.54, 1.807) is 36.4 Å². The minimum atomic E-state index is -0.447. The minimum Gasteiger partial charge on any atom is -0.489 e. The lowest BCUT2D eigenvalue weighted by atomic mass is 10.1. The van der Waals surface area contributed by atoms with Gasteiger partial charge in [-0.05, 0) is 55.0 Å². The quantitative estimate of drug-likeness (QED) is 0.479. The second-order valence-corrected chi connectivity index (χ2v) is 7.09. The Kier molecular flexibility index (Phi) is 5.66. The average Bonchev–Trinajstić information content (AvgIpc) is 3.12. The normalized spacial score (nSPS) is 10.6. The van der Waals surface area contributed by atoms with Crippen LogP contribution in [0.1, 0.15) is 37.7 Å². The first kappa shape index (κ1) is 20.2. The van der Waals surface area contributed by atoms with E-state index >= 15 is 0 Å². The van der Waals surface area contributed by atoms with Crippen LogP contribution in [-0.4, -0.2) is 17.0 Å². The average molecular weight is 415 g/mol. The Hall–Kier alpha value is -4.13. The molecular formula is C24H21N3O4. The monoisotopic (exact) mass is 415 g/mol. The van der Waals surface area contributed by atoms with Crippen LogP contribution in [0.2, 0.25) is 0 Å². The summed E-state index contributed by atoms with van der Waals surface area (Å²) in [7, 11) is 0. The number of carbonyl (C=O) groups excluding carboxylic acids is 2. The molecule has 2 amide bonds. The number of hydrogen-bond donors (Lipinski definition) is 2. The predicted octanol–water partition coefficient (Wildman–Crippen LogP) is 4.10. The molecule has 0 saturated heterocycles.